The maximum Gasteiger partial charge on any atom is 0.130 e. The molecule has 0 radical (unpaired) electrons. The average Bonchev–Trinajstić information content (AvgIpc) is 2.47. The van der Waals surface area contributed by atoms with Crippen LogP contribution in [0.1, 0.15) is 29.7 Å². The molecule has 0 aliphatic carbocycles. The maximum atomic E-state index is 13.9. The van der Waals surface area contributed by atoms with Crippen molar-refractivity contribution in [1.82, 2.24) is 4.90 Å². The first-order chi connectivity index (χ1) is 10.1. The predicted molar refractivity (Wildman–Crippen MR) is 79.7 cm³/mol. The van der Waals surface area contributed by atoms with Crippen molar-refractivity contribution in [1.29, 1.82) is 0 Å². The molecule has 1 aliphatic rings. The summed E-state index contributed by atoms with van der Waals surface area (Å²) < 4.78 is 27.0. The lowest BCUT2D eigenvalue weighted by atomic mass is 9.95. The van der Waals surface area contributed by atoms with Crippen LogP contribution in [0.4, 0.5) is 14.5 Å². The van der Waals surface area contributed by atoms with Gasteiger partial charge in [0.15, 0.2) is 0 Å². The van der Waals surface area contributed by atoms with Crippen molar-refractivity contribution >= 4 is 5.69 Å². The van der Waals surface area contributed by atoms with Crippen molar-refractivity contribution in [2.75, 3.05) is 12.3 Å². The molecule has 0 bridgehead atoms. The summed E-state index contributed by atoms with van der Waals surface area (Å²) in [6.07, 6.45) is 0.896. The van der Waals surface area contributed by atoms with Crippen LogP contribution in [0, 0.1) is 11.6 Å². The van der Waals surface area contributed by atoms with Gasteiger partial charge < -0.3 is 5.73 Å². The molecule has 1 atom stereocenters. The Kier molecular flexibility index (Phi) is 3.64. The Balaban J connectivity index is 1.87. The molecule has 0 saturated heterocycles. The minimum Gasteiger partial charge on any atom is -0.398 e. The van der Waals surface area contributed by atoms with E-state index in [2.05, 4.69) is 11.0 Å². The van der Waals surface area contributed by atoms with Crippen molar-refractivity contribution < 1.29 is 8.78 Å². The normalized spacial score (nSPS) is 16.5. The Morgan fingerprint density at radius 2 is 2.00 bits per heavy atom. The predicted octanol–water partition coefficient (Wildman–Crippen LogP) is 3.67. The van der Waals surface area contributed by atoms with Gasteiger partial charge in [0.25, 0.3) is 0 Å². The number of halogens is 2. The van der Waals surface area contributed by atoms with Crippen LogP contribution >= 0.6 is 0 Å². The third-order valence-electron chi connectivity index (χ3n) is 4.30. The standard InChI is InChI=1S/C17H18F2N2/c1-11(14-6-5-13(18)9-16(14)19)21-8-7-12-3-2-4-17(20)15(12)10-21/h2-6,9,11H,7-8,10,20H2,1H3. The highest BCUT2D eigenvalue weighted by molar-refractivity contribution is 5.51. The third kappa shape index (κ3) is 2.63. The van der Waals surface area contributed by atoms with E-state index in [1.54, 1.807) is 0 Å². The van der Waals surface area contributed by atoms with Gasteiger partial charge >= 0.3 is 0 Å². The van der Waals surface area contributed by atoms with Gasteiger partial charge in [0.1, 0.15) is 11.6 Å². The van der Waals surface area contributed by atoms with Crippen LogP contribution in [0.2, 0.25) is 0 Å². The van der Waals surface area contributed by atoms with Crippen molar-refractivity contribution in [2.45, 2.75) is 25.9 Å². The van der Waals surface area contributed by atoms with Crippen LogP contribution in [0.25, 0.3) is 0 Å². The minimum absolute atomic E-state index is 0.113. The van der Waals surface area contributed by atoms with Gasteiger partial charge in [0, 0.05) is 36.4 Å². The Morgan fingerprint density at radius 1 is 1.19 bits per heavy atom. The summed E-state index contributed by atoms with van der Waals surface area (Å²) in [5.74, 6) is -1.04. The molecule has 110 valence electrons. The summed E-state index contributed by atoms with van der Waals surface area (Å²) in [7, 11) is 0. The molecule has 1 unspecified atom stereocenters. The molecule has 2 aromatic rings. The Hall–Kier alpha value is -1.94. The number of nitrogens with two attached hydrogens (primary N) is 1. The molecule has 1 aliphatic heterocycles. The molecule has 3 rings (SSSR count). The van der Waals surface area contributed by atoms with Crippen LogP contribution in [0.3, 0.4) is 0 Å². The Labute approximate surface area is 123 Å². The quantitative estimate of drug-likeness (QED) is 0.854. The highest BCUT2D eigenvalue weighted by Gasteiger charge is 2.24. The fourth-order valence-electron chi connectivity index (χ4n) is 3.00. The van der Waals surface area contributed by atoms with Crippen molar-refractivity contribution in [2.24, 2.45) is 0 Å². The van der Waals surface area contributed by atoms with Gasteiger partial charge in [-0.2, -0.15) is 0 Å². The molecule has 4 heteroatoms. The first kappa shape index (κ1) is 14.0. The van der Waals surface area contributed by atoms with Crippen LogP contribution < -0.4 is 5.73 Å². The van der Waals surface area contributed by atoms with E-state index in [4.69, 9.17) is 5.73 Å². The smallest absolute Gasteiger partial charge is 0.130 e. The van der Waals surface area contributed by atoms with Crippen LogP contribution in [0.5, 0.6) is 0 Å². The molecule has 2 aromatic carbocycles. The summed E-state index contributed by atoms with van der Waals surface area (Å²) in [4.78, 5) is 2.18. The van der Waals surface area contributed by atoms with Gasteiger partial charge in [-0.25, -0.2) is 8.78 Å². The SMILES string of the molecule is CC(c1ccc(F)cc1F)N1CCc2cccc(N)c2C1. The summed E-state index contributed by atoms with van der Waals surface area (Å²) in [6.45, 7) is 3.48. The highest BCUT2D eigenvalue weighted by atomic mass is 19.1. The Morgan fingerprint density at radius 3 is 2.76 bits per heavy atom. The first-order valence-corrected chi connectivity index (χ1v) is 7.11. The van der Waals surface area contributed by atoms with E-state index in [0.29, 0.717) is 12.1 Å². The molecule has 0 fully saturated rings. The van der Waals surface area contributed by atoms with E-state index in [1.165, 1.54) is 17.7 Å². The lowest BCUT2D eigenvalue weighted by molar-refractivity contribution is 0.189. The van der Waals surface area contributed by atoms with E-state index < -0.39 is 11.6 Å². The second-order valence-electron chi connectivity index (χ2n) is 5.55. The molecule has 2 N–H and O–H groups in total. The number of hydrogen-bond donors (Lipinski definition) is 1. The highest BCUT2D eigenvalue weighted by Crippen LogP contribution is 2.31. The van der Waals surface area contributed by atoms with Crippen LogP contribution in [-0.2, 0) is 13.0 Å². The van der Waals surface area contributed by atoms with Gasteiger partial charge in [0.05, 0.1) is 0 Å². The van der Waals surface area contributed by atoms with Gasteiger partial charge in [-0.1, -0.05) is 18.2 Å². The number of hydrogen-bond acceptors (Lipinski definition) is 2. The van der Waals surface area contributed by atoms with E-state index in [0.717, 1.165) is 30.3 Å². The van der Waals surface area contributed by atoms with Crippen LogP contribution in [-0.4, -0.2) is 11.4 Å². The van der Waals surface area contributed by atoms with Gasteiger partial charge in [-0.3, -0.25) is 4.90 Å². The fraction of sp³-hybridized carbons (Fsp3) is 0.294. The summed E-state index contributed by atoms with van der Waals surface area (Å²) >= 11 is 0. The minimum atomic E-state index is -0.545. The monoisotopic (exact) mass is 288 g/mol. The van der Waals surface area contributed by atoms with Crippen molar-refractivity contribution in [3.63, 3.8) is 0 Å². The van der Waals surface area contributed by atoms with Crippen molar-refractivity contribution in [3.8, 4) is 0 Å². The molecule has 0 spiro atoms. The first-order valence-electron chi connectivity index (χ1n) is 7.11. The summed E-state index contributed by atoms with van der Waals surface area (Å²) in [6, 6.07) is 9.61. The summed E-state index contributed by atoms with van der Waals surface area (Å²) in [5.41, 5.74) is 9.73. The van der Waals surface area contributed by atoms with E-state index >= 15 is 0 Å². The number of nitrogen functional groups attached to an aromatic ring is 1. The van der Waals surface area contributed by atoms with Gasteiger partial charge in [-0.15, -0.1) is 0 Å². The number of rotatable bonds is 2. The van der Waals surface area contributed by atoms with E-state index in [-0.39, 0.29) is 6.04 Å². The van der Waals surface area contributed by atoms with Crippen molar-refractivity contribution in [3.05, 3.63) is 64.7 Å². The topological polar surface area (TPSA) is 29.3 Å². The lowest BCUT2D eigenvalue weighted by Crippen LogP contribution is -2.33. The molecule has 0 saturated carbocycles. The van der Waals surface area contributed by atoms with E-state index in [1.807, 2.05) is 19.1 Å². The van der Waals surface area contributed by atoms with Gasteiger partial charge in [0.2, 0.25) is 0 Å². The molecule has 2 nitrogen and oxygen atoms in total. The molecule has 1 heterocycles. The second kappa shape index (κ2) is 5.45. The fourth-order valence-corrected chi connectivity index (χ4v) is 3.00. The maximum absolute atomic E-state index is 13.9. The molecule has 0 aromatic heterocycles. The zero-order valence-corrected chi connectivity index (χ0v) is 11.9. The number of anilines is 1. The second-order valence-corrected chi connectivity index (χ2v) is 5.55. The van der Waals surface area contributed by atoms with E-state index in [9.17, 15) is 8.78 Å². The zero-order valence-electron chi connectivity index (χ0n) is 11.9. The zero-order chi connectivity index (χ0) is 15.0. The number of fused-ring (bicyclic) bond motifs is 1. The van der Waals surface area contributed by atoms with Crippen LogP contribution in [0.15, 0.2) is 36.4 Å². The average molecular weight is 288 g/mol. The molecular weight excluding hydrogens is 270 g/mol. The Bertz CT molecular complexity index is 670. The molecule has 21 heavy (non-hydrogen) atoms. The number of benzene rings is 2. The lowest BCUT2D eigenvalue weighted by Gasteiger charge is -2.34. The van der Waals surface area contributed by atoms with Gasteiger partial charge in [-0.05, 0) is 36.6 Å². The largest absolute Gasteiger partial charge is 0.398 e. The molecule has 0 amide bonds. The molecular formula is C17H18F2N2. The summed E-state index contributed by atoms with van der Waals surface area (Å²) in [5, 5.41) is 0. The third-order valence-corrected chi connectivity index (χ3v) is 4.30. The number of nitrogens with zero attached hydrogens (tertiary/aromatic N) is 1.